The molecule has 1 unspecified atom stereocenters. The Balaban J connectivity index is 2.32. The minimum Gasteiger partial charge on any atom is -0.481 e. The van der Waals surface area contributed by atoms with Crippen LogP contribution in [0.5, 0.6) is 0 Å². The molecule has 21 heavy (non-hydrogen) atoms. The van der Waals surface area contributed by atoms with Crippen LogP contribution in [0.15, 0.2) is 0 Å². The smallest absolute Gasteiger partial charge is 0.326 e. The predicted molar refractivity (Wildman–Crippen MR) is 75.0 cm³/mol. The van der Waals surface area contributed by atoms with Gasteiger partial charge >= 0.3 is 18.0 Å². The van der Waals surface area contributed by atoms with Gasteiger partial charge in [0.05, 0.1) is 0 Å². The highest BCUT2D eigenvalue weighted by atomic mass is 16.4. The maximum Gasteiger partial charge on any atom is 0.326 e. The molecule has 1 rings (SSSR count). The number of carboxylic acids is 2. The molecular formula is C13H23N3O5. The summed E-state index contributed by atoms with van der Waals surface area (Å²) in [5, 5.41) is 22.4. The van der Waals surface area contributed by atoms with Crippen LogP contribution in [0.1, 0.15) is 25.7 Å². The van der Waals surface area contributed by atoms with Crippen molar-refractivity contribution in [3.8, 4) is 0 Å². The predicted octanol–water partition coefficient (Wildman–Crippen LogP) is -0.0546. The average molecular weight is 301 g/mol. The van der Waals surface area contributed by atoms with Crippen molar-refractivity contribution >= 4 is 18.0 Å². The molecule has 0 aromatic rings. The number of carbonyl (C=O) groups is 3. The molecule has 0 aromatic carbocycles. The van der Waals surface area contributed by atoms with Crippen LogP contribution in [0.2, 0.25) is 0 Å². The van der Waals surface area contributed by atoms with Gasteiger partial charge in [0, 0.05) is 19.5 Å². The molecule has 8 nitrogen and oxygen atoms in total. The lowest BCUT2D eigenvalue weighted by Gasteiger charge is -2.29. The van der Waals surface area contributed by atoms with E-state index < -0.39 is 24.0 Å². The van der Waals surface area contributed by atoms with E-state index in [0.717, 1.165) is 25.9 Å². The van der Waals surface area contributed by atoms with Gasteiger partial charge < -0.3 is 25.7 Å². The van der Waals surface area contributed by atoms with Gasteiger partial charge in [0.2, 0.25) is 0 Å². The van der Waals surface area contributed by atoms with Crippen LogP contribution < -0.4 is 10.6 Å². The number of rotatable bonds is 7. The maximum absolute atomic E-state index is 11.7. The molecule has 1 heterocycles. The Kier molecular flexibility index (Phi) is 6.93. The van der Waals surface area contributed by atoms with Crippen LogP contribution in [0.3, 0.4) is 0 Å². The first-order valence-corrected chi connectivity index (χ1v) is 7.06. The van der Waals surface area contributed by atoms with Crippen LogP contribution in [0.25, 0.3) is 0 Å². The van der Waals surface area contributed by atoms with Crippen molar-refractivity contribution < 1.29 is 24.6 Å². The number of urea groups is 1. The summed E-state index contributed by atoms with van der Waals surface area (Å²) in [6.45, 7) is 2.45. The molecule has 0 radical (unpaired) electrons. The fourth-order valence-electron chi connectivity index (χ4n) is 2.41. The van der Waals surface area contributed by atoms with Gasteiger partial charge in [-0.25, -0.2) is 9.59 Å². The fourth-order valence-corrected chi connectivity index (χ4v) is 2.41. The summed E-state index contributed by atoms with van der Waals surface area (Å²) >= 11 is 0. The van der Waals surface area contributed by atoms with Crippen LogP contribution in [-0.4, -0.2) is 65.8 Å². The van der Waals surface area contributed by atoms with Crippen LogP contribution in [0.4, 0.5) is 4.79 Å². The van der Waals surface area contributed by atoms with Crippen LogP contribution in [-0.2, 0) is 9.59 Å². The average Bonchev–Trinajstić information content (AvgIpc) is 2.40. The molecule has 0 bridgehead atoms. The Labute approximate surface area is 123 Å². The topological polar surface area (TPSA) is 119 Å². The van der Waals surface area contributed by atoms with E-state index in [4.69, 9.17) is 10.2 Å². The van der Waals surface area contributed by atoms with Gasteiger partial charge in [-0.2, -0.15) is 0 Å². The Bertz CT molecular complexity index is 388. The quantitative estimate of drug-likeness (QED) is 0.523. The second-order valence-corrected chi connectivity index (χ2v) is 5.45. The summed E-state index contributed by atoms with van der Waals surface area (Å²) in [7, 11) is 2.03. The van der Waals surface area contributed by atoms with Crippen molar-refractivity contribution in [3.05, 3.63) is 0 Å². The SMILES string of the molecule is CN1CCCC(CNC(=O)N[C@@H](CCC(=O)O)C(=O)O)C1. The van der Waals surface area contributed by atoms with E-state index in [9.17, 15) is 14.4 Å². The minimum atomic E-state index is -1.23. The highest BCUT2D eigenvalue weighted by molar-refractivity contribution is 5.82. The normalized spacial score (nSPS) is 20.5. The minimum absolute atomic E-state index is 0.135. The highest BCUT2D eigenvalue weighted by Crippen LogP contribution is 2.13. The Morgan fingerprint density at radius 3 is 2.62 bits per heavy atom. The zero-order valence-corrected chi connectivity index (χ0v) is 12.2. The highest BCUT2D eigenvalue weighted by Gasteiger charge is 2.22. The third-order valence-corrected chi connectivity index (χ3v) is 3.52. The number of nitrogens with zero attached hydrogens (tertiary/aromatic N) is 1. The van der Waals surface area contributed by atoms with E-state index in [0.29, 0.717) is 12.5 Å². The summed E-state index contributed by atoms with van der Waals surface area (Å²) in [6.07, 6.45) is 1.68. The first-order chi connectivity index (χ1) is 9.88. The number of carboxylic acid groups (broad SMARTS) is 2. The molecule has 0 aromatic heterocycles. The number of hydrogen-bond donors (Lipinski definition) is 4. The van der Waals surface area contributed by atoms with Crippen molar-refractivity contribution in [2.75, 3.05) is 26.7 Å². The van der Waals surface area contributed by atoms with Crippen molar-refractivity contribution in [1.29, 1.82) is 0 Å². The summed E-state index contributed by atoms with van der Waals surface area (Å²) in [4.78, 5) is 35.3. The van der Waals surface area contributed by atoms with Crippen molar-refractivity contribution in [2.24, 2.45) is 5.92 Å². The van der Waals surface area contributed by atoms with E-state index in [1.807, 2.05) is 7.05 Å². The molecule has 2 amide bonds. The Hall–Kier alpha value is -1.83. The Morgan fingerprint density at radius 1 is 1.33 bits per heavy atom. The number of aliphatic carboxylic acids is 2. The lowest BCUT2D eigenvalue weighted by molar-refractivity contribution is -0.140. The Morgan fingerprint density at radius 2 is 2.05 bits per heavy atom. The number of carbonyl (C=O) groups excluding carboxylic acids is 1. The standard InChI is InChI=1S/C13H23N3O5/c1-16-6-2-3-9(8-16)7-14-13(21)15-10(12(19)20)4-5-11(17)18/h9-10H,2-8H2,1H3,(H,17,18)(H,19,20)(H2,14,15,21)/t9?,10-/m0/s1. The fraction of sp³-hybridized carbons (Fsp3) is 0.769. The zero-order chi connectivity index (χ0) is 15.8. The number of piperidine rings is 1. The summed E-state index contributed by atoms with van der Waals surface area (Å²) < 4.78 is 0. The number of amides is 2. The molecule has 1 saturated heterocycles. The van der Waals surface area contributed by atoms with E-state index >= 15 is 0 Å². The van der Waals surface area contributed by atoms with E-state index in [2.05, 4.69) is 15.5 Å². The number of hydrogen-bond acceptors (Lipinski definition) is 4. The first kappa shape index (κ1) is 17.2. The van der Waals surface area contributed by atoms with Crippen LogP contribution >= 0.6 is 0 Å². The second kappa shape index (κ2) is 8.46. The molecule has 1 fully saturated rings. The van der Waals surface area contributed by atoms with Gasteiger partial charge in [0.15, 0.2) is 0 Å². The molecule has 8 heteroatoms. The molecule has 4 N–H and O–H groups in total. The van der Waals surface area contributed by atoms with E-state index in [1.54, 1.807) is 0 Å². The van der Waals surface area contributed by atoms with Crippen LogP contribution in [0, 0.1) is 5.92 Å². The monoisotopic (exact) mass is 301 g/mol. The molecular weight excluding hydrogens is 278 g/mol. The van der Waals surface area contributed by atoms with Crippen molar-refractivity contribution in [1.82, 2.24) is 15.5 Å². The first-order valence-electron chi connectivity index (χ1n) is 7.06. The van der Waals surface area contributed by atoms with Gasteiger partial charge in [0.25, 0.3) is 0 Å². The molecule has 0 aliphatic carbocycles. The molecule has 0 saturated carbocycles. The van der Waals surface area contributed by atoms with Crippen molar-refractivity contribution in [3.63, 3.8) is 0 Å². The molecule has 2 atom stereocenters. The lowest BCUT2D eigenvalue weighted by atomic mass is 9.99. The molecule has 1 aliphatic heterocycles. The lowest BCUT2D eigenvalue weighted by Crippen LogP contribution is -2.48. The largest absolute Gasteiger partial charge is 0.481 e. The maximum atomic E-state index is 11.7. The summed E-state index contributed by atoms with van der Waals surface area (Å²) in [6, 6.07) is -1.75. The number of likely N-dealkylation sites (tertiary alicyclic amines) is 1. The zero-order valence-electron chi connectivity index (χ0n) is 12.2. The van der Waals surface area contributed by atoms with E-state index in [-0.39, 0.29) is 12.8 Å². The second-order valence-electron chi connectivity index (χ2n) is 5.45. The molecule has 120 valence electrons. The molecule has 1 aliphatic rings. The van der Waals surface area contributed by atoms with Gasteiger partial charge in [-0.1, -0.05) is 0 Å². The van der Waals surface area contributed by atoms with Gasteiger partial charge in [-0.05, 0) is 38.8 Å². The van der Waals surface area contributed by atoms with Gasteiger partial charge in [-0.3, -0.25) is 4.79 Å². The van der Waals surface area contributed by atoms with Gasteiger partial charge in [-0.15, -0.1) is 0 Å². The van der Waals surface area contributed by atoms with Crippen molar-refractivity contribution in [2.45, 2.75) is 31.7 Å². The summed E-state index contributed by atoms with van der Waals surface area (Å²) in [5.41, 5.74) is 0. The molecule has 0 spiro atoms. The number of nitrogens with one attached hydrogen (secondary N) is 2. The van der Waals surface area contributed by atoms with E-state index in [1.165, 1.54) is 0 Å². The summed E-state index contributed by atoms with van der Waals surface area (Å²) in [5.74, 6) is -1.96. The third-order valence-electron chi connectivity index (χ3n) is 3.52. The van der Waals surface area contributed by atoms with Gasteiger partial charge in [0.1, 0.15) is 6.04 Å². The third kappa shape index (κ3) is 6.94.